The Hall–Kier alpha value is -6.18. The van der Waals surface area contributed by atoms with Gasteiger partial charge >= 0.3 is 11.9 Å². The predicted octanol–water partition coefficient (Wildman–Crippen LogP) is -5.81. The molecule has 422 valence electrons. The lowest BCUT2D eigenvalue weighted by atomic mass is 9.97. The molecule has 11 atom stereocenters. The molecule has 0 heterocycles. The van der Waals surface area contributed by atoms with E-state index in [-0.39, 0.29) is 57.1 Å². The Morgan fingerprint density at radius 3 is 1.39 bits per heavy atom. The first-order chi connectivity index (χ1) is 34.7. The zero-order valence-electron chi connectivity index (χ0n) is 42.7. The molecule has 0 aromatic rings. The van der Waals surface area contributed by atoms with Gasteiger partial charge in [-0.2, -0.15) is 23.5 Å². The molecule has 0 aliphatic rings. The molecule has 0 unspecified atom stereocenters. The van der Waals surface area contributed by atoms with E-state index in [1.165, 1.54) is 23.5 Å². The highest BCUT2D eigenvalue weighted by Gasteiger charge is 2.36. The van der Waals surface area contributed by atoms with E-state index in [2.05, 4.69) is 52.5 Å². The van der Waals surface area contributed by atoms with Crippen LogP contribution in [0, 0.1) is 5.92 Å². The summed E-state index contributed by atoms with van der Waals surface area (Å²) in [7, 11) is 0. The lowest BCUT2D eigenvalue weighted by molar-refractivity contribution is -0.142. The van der Waals surface area contributed by atoms with E-state index >= 15 is 0 Å². The van der Waals surface area contributed by atoms with Crippen molar-refractivity contribution in [2.24, 2.45) is 44.6 Å². The maximum absolute atomic E-state index is 13.9. The third-order valence-electron chi connectivity index (χ3n) is 11.1. The molecule has 0 aromatic heterocycles. The summed E-state index contributed by atoms with van der Waals surface area (Å²) in [5.41, 5.74) is 27.7. The summed E-state index contributed by atoms with van der Waals surface area (Å²) in [5, 5.41) is 59.0. The minimum absolute atomic E-state index is 0.000367. The second kappa shape index (κ2) is 36.7. The quantitative estimate of drug-likeness (QED) is 0.0156. The lowest BCUT2D eigenvalue weighted by Crippen LogP contribution is -2.62. The first-order valence-electron chi connectivity index (χ1n) is 23.7. The van der Waals surface area contributed by atoms with Crippen LogP contribution in [-0.2, 0) is 47.9 Å². The number of nitrogens with one attached hydrogen (secondary N) is 8. The monoisotopic (exact) mass is 1090 g/mol. The van der Waals surface area contributed by atoms with Gasteiger partial charge in [0.25, 0.3) is 0 Å². The number of carboxylic acid groups (broad SMARTS) is 2. The number of nitrogens with zero attached hydrogens (tertiary/aromatic N) is 2. The fourth-order valence-electron chi connectivity index (χ4n) is 6.51. The maximum atomic E-state index is 13.9. The molecule has 0 fully saturated rings. The van der Waals surface area contributed by atoms with Gasteiger partial charge in [-0.3, -0.25) is 53.1 Å². The normalized spacial score (nSPS) is 15.4. The van der Waals surface area contributed by atoms with Gasteiger partial charge in [0.15, 0.2) is 11.9 Å². The number of rotatable bonds is 38. The second-order valence-corrected chi connectivity index (χ2v) is 19.1. The third-order valence-corrected chi connectivity index (χ3v) is 12.3. The standard InChI is InChI=1S/C43H79N15O14S2/c1-7-21(2)31(39(69)55-28(41(71)72)15-19-74-6)57-37(67)27(12-13-30(61)62)54-38(68)29(20-59)56-33(63)22(3)51-40(70)32(23(4)60)58-36(66)26(11-9-17-50-43(47)48)53-35(65)25(10-8-16-49-42(45)46)52-34(64)24(44)14-18-73-5/h21-29,31-32,59-60H,7-20,44H2,1-6H3,(H,51,70)(H,52,64)(H,53,65)(H,54,68)(H,55,69)(H,56,63)(H,57,67)(H,58,66)(H,61,62)(H,71,72)(H4,45,46,49)(H4,47,48,50)/t21-,22-,23+,24-,25-,26-,27-,28-,29-,31-,32-/m0/s1. The number of carbonyl (C=O) groups is 10. The number of hydrogen-bond donors (Lipinski definition) is 17. The molecule has 0 aromatic carbocycles. The smallest absolute Gasteiger partial charge is 0.326 e. The zero-order chi connectivity index (χ0) is 56.7. The first-order valence-corrected chi connectivity index (χ1v) is 26.5. The SMILES string of the molecule is CC[C@H](C)[C@H](NC(=O)[C@H](CCC(=O)O)NC(=O)[C@H](CO)NC(=O)[C@H](C)NC(=O)[C@@H](NC(=O)[C@H](CCCN=C(N)N)NC(=O)[C@H](CCCN=C(N)N)NC(=O)[C@@H](N)CCSC)[C@@H](C)O)C(=O)N[C@@H](CCSC)C(=O)O. The molecule has 0 aliphatic carbocycles. The van der Waals surface area contributed by atoms with Crippen LogP contribution in [-0.4, -0.2) is 196 Å². The minimum atomic E-state index is -1.81. The van der Waals surface area contributed by atoms with E-state index in [1.807, 2.05) is 6.26 Å². The fraction of sp³-hybridized carbons (Fsp3) is 0.721. The highest BCUT2D eigenvalue weighted by Crippen LogP contribution is 2.12. The van der Waals surface area contributed by atoms with Crippen LogP contribution in [0.1, 0.15) is 85.5 Å². The number of hydrogen-bond acceptors (Lipinski definition) is 17. The molecule has 22 N–H and O–H groups in total. The number of carbonyl (C=O) groups excluding carboxylic acids is 8. The van der Waals surface area contributed by atoms with Gasteiger partial charge in [-0.25, -0.2) is 4.79 Å². The average molecular weight is 1090 g/mol. The fourth-order valence-corrected chi connectivity index (χ4v) is 7.47. The number of nitrogens with two attached hydrogens (primary N) is 5. The van der Waals surface area contributed by atoms with E-state index < -0.39 is 145 Å². The van der Waals surface area contributed by atoms with Crippen LogP contribution in [0.25, 0.3) is 0 Å². The Morgan fingerprint density at radius 2 is 0.946 bits per heavy atom. The molecule has 0 radical (unpaired) electrons. The number of aliphatic imine (C=N–C) groups is 2. The molecule has 0 rings (SSSR count). The Bertz CT molecular complexity index is 1930. The number of guanidine groups is 2. The average Bonchev–Trinajstić information content (AvgIpc) is 3.33. The van der Waals surface area contributed by atoms with Crippen molar-refractivity contribution in [1.82, 2.24) is 42.5 Å². The van der Waals surface area contributed by atoms with E-state index in [0.29, 0.717) is 24.3 Å². The Balaban J connectivity index is 6.35. The summed E-state index contributed by atoms with van der Waals surface area (Å²) in [6.45, 7) is 4.62. The molecule has 74 heavy (non-hydrogen) atoms. The van der Waals surface area contributed by atoms with Crippen molar-refractivity contribution in [2.45, 2.75) is 146 Å². The van der Waals surface area contributed by atoms with Crippen molar-refractivity contribution in [3.8, 4) is 0 Å². The van der Waals surface area contributed by atoms with Gasteiger partial charge < -0.3 is 91.6 Å². The van der Waals surface area contributed by atoms with Crippen LogP contribution >= 0.6 is 23.5 Å². The van der Waals surface area contributed by atoms with Gasteiger partial charge in [0.05, 0.1) is 18.8 Å². The van der Waals surface area contributed by atoms with Crippen molar-refractivity contribution in [3.63, 3.8) is 0 Å². The molecular formula is C43H79N15O14S2. The van der Waals surface area contributed by atoms with E-state index in [1.54, 1.807) is 20.1 Å². The highest BCUT2D eigenvalue weighted by molar-refractivity contribution is 7.98. The van der Waals surface area contributed by atoms with Gasteiger partial charge in [-0.1, -0.05) is 20.3 Å². The molecule has 0 spiro atoms. The van der Waals surface area contributed by atoms with Crippen molar-refractivity contribution in [3.05, 3.63) is 0 Å². The number of amides is 8. The summed E-state index contributed by atoms with van der Waals surface area (Å²) in [5.74, 6) is -10.5. The molecule has 31 heteroatoms. The molecule has 0 bridgehead atoms. The van der Waals surface area contributed by atoms with Gasteiger partial charge in [0.1, 0.15) is 48.3 Å². The van der Waals surface area contributed by atoms with Crippen LogP contribution in [0.2, 0.25) is 0 Å². The Labute approximate surface area is 438 Å². The number of aliphatic carboxylic acids is 2. The van der Waals surface area contributed by atoms with Gasteiger partial charge in [-0.05, 0) is 88.7 Å². The molecule has 0 saturated heterocycles. The zero-order valence-corrected chi connectivity index (χ0v) is 44.4. The predicted molar refractivity (Wildman–Crippen MR) is 278 cm³/mol. The minimum Gasteiger partial charge on any atom is -0.481 e. The maximum Gasteiger partial charge on any atom is 0.326 e. The highest BCUT2D eigenvalue weighted by atomic mass is 32.2. The topological polar surface area (TPSA) is 503 Å². The Morgan fingerprint density at radius 1 is 0.527 bits per heavy atom. The van der Waals surface area contributed by atoms with Gasteiger partial charge in [0, 0.05) is 19.5 Å². The second-order valence-electron chi connectivity index (χ2n) is 17.2. The van der Waals surface area contributed by atoms with Crippen LogP contribution < -0.4 is 71.2 Å². The third kappa shape index (κ3) is 27.2. The molecule has 8 amide bonds. The molecule has 29 nitrogen and oxygen atoms in total. The summed E-state index contributed by atoms with van der Waals surface area (Å²) >= 11 is 2.81. The largest absolute Gasteiger partial charge is 0.481 e. The first kappa shape index (κ1) is 67.8. The van der Waals surface area contributed by atoms with E-state index in [9.17, 15) is 68.4 Å². The van der Waals surface area contributed by atoms with Gasteiger partial charge in [0.2, 0.25) is 47.3 Å². The van der Waals surface area contributed by atoms with Gasteiger partial charge in [-0.15, -0.1) is 0 Å². The van der Waals surface area contributed by atoms with Crippen LogP contribution in [0.4, 0.5) is 0 Å². The van der Waals surface area contributed by atoms with Crippen molar-refractivity contribution >= 4 is 94.6 Å². The number of carboxylic acids is 2. The van der Waals surface area contributed by atoms with Crippen molar-refractivity contribution in [2.75, 3.05) is 43.7 Å². The van der Waals surface area contributed by atoms with E-state index in [4.69, 9.17) is 28.7 Å². The molecular weight excluding hydrogens is 1010 g/mol. The van der Waals surface area contributed by atoms with Crippen LogP contribution in [0.5, 0.6) is 0 Å². The summed E-state index contributed by atoms with van der Waals surface area (Å²) in [6, 6.07) is -13.1. The molecule has 0 aliphatic heterocycles. The van der Waals surface area contributed by atoms with E-state index in [0.717, 1.165) is 13.8 Å². The summed E-state index contributed by atoms with van der Waals surface area (Å²) < 4.78 is 0. The number of aliphatic hydroxyl groups is 2. The number of aliphatic hydroxyl groups excluding tert-OH is 2. The van der Waals surface area contributed by atoms with Crippen LogP contribution in [0.15, 0.2) is 9.98 Å². The van der Waals surface area contributed by atoms with Crippen molar-refractivity contribution < 1.29 is 68.4 Å². The summed E-state index contributed by atoms with van der Waals surface area (Å²) in [6.07, 6.45) is 1.64. The van der Waals surface area contributed by atoms with Crippen LogP contribution in [0.3, 0.4) is 0 Å². The molecule has 0 saturated carbocycles. The van der Waals surface area contributed by atoms with Crippen molar-refractivity contribution in [1.29, 1.82) is 0 Å². The Kier molecular flexibility index (Phi) is 33.6. The lowest BCUT2D eigenvalue weighted by Gasteiger charge is -2.28. The number of thioether (sulfide) groups is 2. The summed E-state index contributed by atoms with van der Waals surface area (Å²) in [4.78, 5) is 139.